The van der Waals surface area contributed by atoms with Gasteiger partial charge in [0.25, 0.3) is 0 Å². The molecule has 1 atom stereocenters. The van der Waals surface area contributed by atoms with Crippen molar-refractivity contribution >= 4 is 22.5 Å². The van der Waals surface area contributed by atoms with Crippen molar-refractivity contribution in [3.8, 4) is 11.1 Å². The number of hydrogen-bond acceptors (Lipinski definition) is 1. The van der Waals surface area contributed by atoms with Crippen molar-refractivity contribution in [1.82, 2.24) is 0 Å². The number of benzene rings is 5. The Morgan fingerprint density at radius 1 is 0.659 bits per heavy atom. The second-order valence-electron chi connectivity index (χ2n) is 10.4. The summed E-state index contributed by atoms with van der Waals surface area (Å²) in [5.41, 5.74) is 11.0. The van der Waals surface area contributed by atoms with Crippen molar-refractivity contribution in [2.24, 2.45) is 5.92 Å². The van der Waals surface area contributed by atoms with Crippen LogP contribution in [-0.4, -0.2) is 0 Å². The van der Waals surface area contributed by atoms with Crippen molar-refractivity contribution in [2.45, 2.75) is 13.8 Å². The molecule has 5 aromatic carbocycles. The van der Waals surface area contributed by atoms with E-state index in [1.165, 1.54) is 16.7 Å². The molecule has 5 aromatic rings. The molecule has 0 fully saturated rings. The number of anilines is 2. The zero-order chi connectivity index (χ0) is 29.4. The molecule has 0 spiro atoms. The average Bonchev–Trinajstić information content (AvgIpc) is 3.08. The third-order valence-electron chi connectivity index (χ3n) is 7.72. The van der Waals surface area contributed by atoms with Crippen LogP contribution in [0.15, 0.2) is 157 Å². The summed E-state index contributed by atoms with van der Waals surface area (Å²) >= 11 is 0. The Labute approximate surface area is 276 Å². The monoisotopic (exact) mass is 746 g/mol. The van der Waals surface area contributed by atoms with Gasteiger partial charge in [0.1, 0.15) is 0 Å². The summed E-state index contributed by atoms with van der Waals surface area (Å²) in [6.45, 7) is 3.96. The van der Waals surface area contributed by atoms with Gasteiger partial charge in [-0.25, -0.2) is 11.6 Å². The third-order valence-corrected chi connectivity index (χ3v) is 7.72. The molecule has 1 nitrogen and oxygen atoms in total. The first-order valence-electron chi connectivity index (χ1n) is 14.7. The quantitative estimate of drug-likeness (QED) is 0.143. The Morgan fingerprint density at radius 2 is 1.27 bits per heavy atom. The second kappa shape index (κ2) is 14.7. The first-order valence-corrected chi connectivity index (χ1v) is 14.7. The Hall–Kier alpha value is -4.58. The van der Waals surface area contributed by atoms with Crippen molar-refractivity contribution in [3.05, 3.63) is 199 Å². The smallest absolute Gasteiger partial charge is 0.364 e. The molecule has 0 amide bonds. The summed E-state index contributed by atoms with van der Waals surface area (Å²) in [5, 5.41) is 0. The van der Waals surface area contributed by atoms with E-state index in [1.54, 1.807) is 0 Å². The summed E-state index contributed by atoms with van der Waals surface area (Å²) in [6.07, 6.45) is 15.8. The molecule has 0 saturated carbocycles. The maximum atomic E-state index is 3.74. The Balaban J connectivity index is 0.00000384. The zero-order valence-electron chi connectivity index (χ0n) is 24.9. The van der Waals surface area contributed by atoms with Gasteiger partial charge in [0, 0.05) is 5.69 Å². The van der Waals surface area contributed by atoms with Crippen LogP contribution < -0.4 is 4.90 Å². The number of nitrogens with zero attached hydrogens (tertiary/aromatic N) is 1. The van der Waals surface area contributed by atoms with Crippen LogP contribution in [0.25, 0.3) is 22.3 Å². The van der Waals surface area contributed by atoms with Gasteiger partial charge in [0.05, 0.1) is 0 Å². The van der Waals surface area contributed by atoms with Crippen LogP contribution in [0.3, 0.4) is 0 Å². The predicted octanol–water partition coefficient (Wildman–Crippen LogP) is 10.7. The molecular weight excluding hydrogens is 714 g/mol. The van der Waals surface area contributed by atoms with Crippen LogP contribution in [-0.2, 0) is 21.1 Å². The van der Waals surface area contributed by atoms with Gasteiger partial charge >= 0.3 is 21.1 Å². The molecule has 0 bridgehead atoms. The van der Waals surface area contributed by atoms with E-state index in [0.29, 0.717) is 0 Å². The molecule has 44 heavy (non-hydrogen) atoms. The molecule has 6 rings (SSSR count). The molecule has 0 heterocycles. The molecular formula is C42H33NPt. The fourth-order valence-electron chi connectivity index (χ4n) is 5.65. The van der Waals surface area contributed by atoms with E-state index in [4.69, 9.17) is 0 Å². The van der Waals surface area contributed by atoms with Crippen LogP contribution in [0.5, 0.6) is 0 Å². The molecule has 0 radical (unpaired) electrons. The normalized spacial score (nSPS) is 14.7. The third kappa shape index (κ3) is 6.80. The van der Waals surface area contributed by atoms with Gasteiger partial charge in [0.15, 0.2) is 0 Å². The number of hydrogen-bond donors (Lipinski definition) is 0. The number of rotatable bonds is 8. The molecule has 2 heteroatoms. The van der Waals surface area contributed by atoms with Gasteiger partial charge in [-0.05, 0) is 23.3 Å². The van der Waals surface area contributed by atoms with E-state index in [-0.39, 0.29) is 27.0 Å². The van der Waals surface area contributed by atoms with Gasteiger partial charge in [-0.15, -0.1) is 62.0 Å². The minimum Gasteiger partial charge on any atom is -0.364 e. The number of allylic oxidation sites excluding steroid dienone is 7. The molecule has 0 aliphatic heterocycles. The predicted molar refractivity (Wildman–Crippen MR) is 181 cm³/mol. The largest absolute Gasteiger partial charge is 4.00 e. The van der Waals surface area contributed by atoms with Crippen LogP contribution in [0, 0.1) is 30.6 Å². The average molecular weight is 747 g/mol. The van der Waals surface area contributed by atoms with E-state index in [1.807, 2.05) is 19.9 Å². The molecule has 0 aromatic heterocycles. The molecule has 216 valence electrons. The van der Waals surface area contributed by atoms with E-state index in [0.717, 1.165) is 39.3 Å². The zero-order valence-corrected chi connectivity index (χ0v) is 27.1. The fourth-order valence-corrected chi connectivity index (χ4v) is 5.65. The van der Waals surface area contributed by atoms with Crippen molar-refractivity contribution in [2.75, 3.05) is 4.90 Å². The summed E-state index contributed by atoms with van der Waals surface area (Å²) < 4.78 is 0. The van der Waals surface area contributed by atoms with Gasteiger partial charge in [-0.3, -0.25) is 23.3 Å². The van der Waals surface area contributed by atoms with Crippen LogP contribution in [0.2, 0.25) is 0 Å². The Bertz CT molecular complexity index is 1780. The van der Waals surface area contributed by atoms with E-state index in [2.05, 4.69) is 175 Å². The molecule has 1 aliphatic carbocycles. The summed E-state index contributed by atoms with van der Waals surface area (Å²) in [4.78, 5) is 2.30. The minimum atomic E-state index is 0. The van der Waals surface area contributed by atoms with Crippen molar-refractivity contribution in [1.29, 1.82) is 0 Å². The topological polar surface area (TPSA) is 3.24 Å². The fraction of sp³-hybridized carbons (Fsp3) is 0.0714. The van der Waals surface area contributed by atoms with Gasteiger partial charge < -0.3 is 4.90 Å². The molecule has 1 unspecified atom stereocenters. The van der Waals surface area contributed by atoms with Crippen molar-refractivity contribution < 1.29 is 21.1 Å². The SMILES string of the molecule is C[C-]=C(c1[c-]c(N(C2=CC=CC(C(=[C-]C)c3ccccc3)[CH-]2)c2ccc(-c3ccccc3)cc2)ccc1)c1ccccc1.[Pt+4]. The van der Waals surface area contributed by atoms with Gasteiger partial charge in [-0.1, -0.05) is 90.5 Å². The van der Waals surface area contributed by atoms with Crippen molar-refractivity contribution in [3.63, 3.8) is 0 Å². The van der Waals surface area contributed by atoms with Crippen LogP contribution >= 0.6 is 0 Å². The standard InChI is InChI=1S/C42H33N.Pt/c1-3-41(34-18-10-6-11-19-34)36-22-14-24-39(30-36)43(38-28-26-33(27-29-38)32-16-8-5-9-17-32)40-25-15-23-37(31-40)42(4-2)35-20-12-7-13-21-35;/h5-30,36H,1-2H3;/q-4;+4. The molecule has 0 saturated heterocycles. The maximum absolute atomic E-state index is 3.74. The molecule has 0 N–H and O–H groups in total. The Morgan fingerprint density at radius 3 is 1.91 bits per heavy atom. The minimum absolute atomic E-state index is 0. The van der Waals surface area contributed by atoms with Gasteiger partial charge in [0.2, 0.25) is 0 Å². The van der Waals surface area contributed by atoms with Gasteiger partial charge in [-0.2, -0.15) is 35.8 Å². The van der Waals surface area contributed by atoms with E-state index in [9.17, 15) is 0 Å². The first kappa shape index (κ1) is 30.9. The van der Waals surface area contributed by atoms with Crippen LogP contribution in [0.4, 0.5) is 11.4 Å². The van der Waals surface area contributed by atoms with Crippen LogP contribution in [0.1, 0.15) is 30.5 Å². The summed E-state index contributed by atoms with van der Waals surface area (Å²) in [5.74, 6) is 0.0884. The Kier molecular flexibility index (Phi) is 10.3. The van der Waals surface area contributed by atoms with E-state index >= 15 is 0 Å². The molecule has 1 aliphatic rings. The summed E-state index contributed by atoms with van der Waals surface area (Å²) in [7, 11) is 0. The second-order valence-corrected chi connectivity index (χ2v) is 10.4. The summed E-state index contributed by atoms with van der Waals surface area (Å²) in [6, 6.07) is 50.3. The first-order chi connectivity index (χ1) is 21.2. The maximum Gasteiger partial charge on any atom is 4.00 e. The van der Waals surface area contributed by atoms with E-state index < -0.39 is 0 Å².